The summed E-state index contributed by atoms with van der Waals surface area (Å²) in [7, 11) is 1.62. The number of methoxy groups -OCH3 is 1. The van der Waals surface area contributed by atoms with Crippen LogP contribution in [0, 0.1) is 0 Å². The summed E-state index contributed by atoms with van der Waals surface area (Å²) < 4.78 is 8.34. The lowest BCUT2D eigenvalue weighted by Crippen LogP contribution is -2.21. The Hall–Kier alpha value is -2.75. The first kappa shape index (κ1) is 12.3. The number of benzene rings is 2. The Morgan fingerprint density at radius 2 is 1.35 bits per heavy atom. The van der Waals surface area contributed by atoms with Gasteiger partial charge in [0.25, 0.3) is 0 Å². The topological polar surface area (TPSA) is 36.2 Å². The molecule has 1 heterocycles. The number of rotatable bonds is 3. The van der Waals surface area contributed by atoms with E-state index in [2.05, 4.69) is 0 Å². The number of aromatic nitrogens is 2. The van der Waals surface area contributed by atoms with Crippen molar-refractivity contribution in [1.82, 2.24) is 9.13 Å². The number of ether oxygens (including phenoxy) is 1. The van der Waals surface area contributed by atoms with Crippen molar-refractivity contribution in [2.75, 3.05) is 7.11 Å². The van der Waals surface area contributed by atoms with E-state index >= 15 is 0 Å². The van der Waals surface area contributed by atoms with Crippen molar-refractivity contribution < 1.29 is 4.74 Å². The molecule has 0 aliphatic carbocycles. The second-order valence-corrected chi connectivity index (χ2v) is 4.35. The monoisotopic (exact) mass is 266 g/mol. The van der Waals surface area contributed by atoms with Crippen molar-refractivity contribution in [3.63, 3.8) is 0 Å². The quantitative estimate of drug-likeness (QED) is 0.730. The first-order valence-electron chi connectivity index (χ1n) is 6.29. The molecule has 0 saturated carbocycles. The molecule has 0 bridgehead atoms. The van der Waals surface area contributed by atoms with Crippen molar-refractivity contribution in [2.24, 2.45) is 0 Å². The highest BCUT2D eigenvalue weighted by Gasteiger charge is 2.06. The van der Waals surface area contributed by atoms with Crippen molar-refractivity contribution >= 4 is 0 Å². The van der Waals surface area contributed by atoms with Crippen LogP contribution in [0.4, 0.5) is 0 Å². The second-order valence-electron chi connectivity index (χ2n) is 4.35. The van der Waals surface area contributed by atoms with Gasteiger partial charge in [-0.15, -0.1) is 0 Å². The predicted octanol–water partition coefficient (Wildman–Crippen LogP) is 2.64. The van der Waals surface area contributed by atoms with Gasteiger partial charge >= 0.3 is 5.69 Å². The van der Waals surface area contributed by atoms with Crippen LogP contribution in [-0.2, 0) is 0 Å². The number of imidazole rings is 1. The Labute approximate surface area is 116 Å². The molecule has 0 aliphatic rings. The number of nitrogens with zero attached hydrogens (tertiary/aromatic N) is 2. The average molecular weight is 266 g/mol. The van der Waals surface area contributed by atoms with E-state index in [-0.39, 0.29) is 5.69 Å². The van der Waals surface area contributed by atoms with Crippen molar-refractivity contribution in [3.8, 4) is 17.1 Å². The lowest BCUT2D eigenvalue weighted by atomic mass is 10.3. The zero-order chi connectivity index (χ0) is 13.9. The van der Waals surface area contributed by atoms with E-state index in [4.69, 9.17) is 4.74 Å². The Kier molecular flexibility index (Phi) is 3.13. The molecule has 0 atom stereocenters. The van der Waals surface area contributed by atoms with Crippen LogP contribution in [-0.4, -0.2) is 16.2 Å². The minimum Gasteiger partial charge on any atom is -0.497 e. The third kappa shape index (κ3) is 2.12. The molecule has 3 aromatic rings. The highest BCUT2D eigenvalue weighted by molar-refractivity contribution is 5.38. The Bertz CT molecular complexity index is 755. The fourth-order valence-electron chi connectivity index (χ4n) is 2.10. The lowest BCUT2D eigenvalue weighted by molar-refractivity contribution is 0.414. The molecule has 3 rings (SSSR count). The molecule has 0 amide bonds. The standard InChI is InChI=1S/C16H14N2O2/c1-20-15-9-7-14(8-10-15)18-12-11-17(16(18)19)13-5-3-2-4-6-13/h2-12H,1H3. The van der Waals surface area contributed by atoms with E-state index in [1.54, 1.807) is 28.6 Å². The molecule has 0 N–H and O–H groups in total. The van der Waals surface area contributed by atoms with Crippen LogP contribution >= 0.6 is 0 Å². The molecular weight excluding hydrogens is 252 g/mol. The van der Waals surface area contributed by atoms with Gasteiger partial charge in [0.05, 0.1) is 18.5 Å². The normalized spacial score (nSPS) is 10.4. The lowest BCUT2D eigenvalue weighted by Gasteiger charge is -2.04. The highest BCUT2D eigenvalue weighted by atomic mass is 16.5. The molecule has 0 fully saturated rings. The van der Waals surface area contributed by atoms with Crippen molar-refractivity contribution in [2.45, 2.75) is 0 Å². The van der Waals surface area contributed by atoms with Crippen molar-refractivity contribution in [1.29, 1.82) is 0 Å². The third-order valence-electron chi connectivity index (χ3n) is 3.16. The van der Waals surface area contributed by atoms with E-state index in [0.717, 1.165) is 17.1 Å². The van der Waals surface area contributed by atoms with Gasteiger partial charge in [-0.05, 0) is 36.4 Å². The summed E-state index contributed by atoms with van der Waals surface area (Å²) in [5.41, 5.74) is 1.57. The Morgan fingerprint density at radius 1 is 0.800 bits per heavy atom. The minimum absolute atomic E-state index is 0.0960. The summed E-state index contributed by atoms with van der Waals surface area (Å²) in [5.74, 6) is 0.768. The molecule has 1 aromatic heterocycles. The zero-order valence-corrected chi connectivity index (χ0v) is 11.1. The van der Waals surface area contributed by atoms with Gasteiger partial charge in [0.15, 0.2) is 0 Å². The molecule has 4 nitrogen and oxygen atoms in total. The van der Waals surface area contributed by atoms with Crippen molar-refractivity contribution in [3.05, 3.63) is 77.5 Å². The van der Waals surface area contributed by atoms with Gasteiger partial charge in [-0.25, -0.2) is 4.79 Å². The van der Waals surface area contributed by atoms with E-state index in [1.807, 2.05) is 54.6 Å². The summed E-state index contributed by atoms with van der Waals surface area (Å²) >= 11 is 0. The van der Waals surface area contributed by atoms with Crippen LogP contribution in [0.15, 0.2) is 71.8 Å². The summed E-state index contributed by atoms with van der Waals surface area (Å²) in [5, 5.41) is 0. The Morgan fingerprint density at radius 3 is 1.90 bits per heavy atom. The van der Waals surface area contributed by atoms with Crippen LogP contribution < -0.4 is 10.4 Å². The van der Waals surface area contributed by atoms with Gasteiger partial charge in [0, 0.05) is 12.4 Å². The average Bonchev–Trinajstić information content (AvgIpc) is 2.90. The van der Waals surface area contributed by atoms with Crippen LogP contribution in [0.5, 0.6) is 5.75 Å². The fraction of sp³-hybridized carbons (Fsp3) is 0.0625. The molecule has 20 heavy (non-hydrogen) atoms. The molecule has 100 valence electrons. The van der Waals surface area contributed by atoms with E-state index in [1.165, 1.54) is 0 Å². The number of hydrogen-bond donors (Lipinski definition) is 0. The molecule has 0 radical (unpaired) electrons. The maximum absolute atomic E-state index is 12.4. The summed E-state index contributed by atoms with van der Waals surface area (Å²) in [6.07, 6.45) is 3.53. The second kappa shape index (κ2) is 5.09. The van der Waals surface area contributed by atoms with Gasteiger partial charge in [-0.1, -0.05) is 18.2 Å². The third-order valence-corrected chi connectivity index (χ3v) is 3.16. The van der Waals surface area contributed by atoms with Crippen LogP contribution in [0.25, 0.3) is 11.4 Å². The largest absolute Gasteiger partial charge is 0.497 e. The predicted molar refractivity (Wildman–Crippen MR) is 77.9 cm³/mol. The van der Waals surface area contributed by atoms with Crippen LogP contribution in [0.3, 0.4) is 0 Å². The summed E-state index contributed by atoms with van der Waals surface area (Å²) in [6.45, 7) is 0. The molecule has 0 spiro atoms. The van der Waals surface area contributed by atoms with Gasteiger partial charge in [0.2, 0.25) is 0 Å². The molecular formula is C16H14N2O2. The smallest absolute Gasteiger partial charge is 0.337 e. The molecule has 2 aromatic carbocycles. The minimum atomic E-state index is -0.0960. The SMILES string of the molecule is COc1ccc(-n2ccn(-c3ccccc3)c2=O)cc1. The van der Waals surface area contributed by atoms with E-state index < -0.39 is 0 Å². The molecule has 0 saturated heterocycles. The highest BCUT2D eigenvalue weighted by Crippen LogP contribution is 2.14. The van der Waals surface area contributed by atoms with E-state index in [9.17, 15) is 4.79 Å². The first-order valence-corrected chi connectivity index (χ1v) is 6.29. The van der Waals surface area contributed by atoms with Gasteiger partial charge in [-0.2, -0.15) is 0 Å². The van der Waals surface area contributed by atoms with Gasteiger partial charge in [0.1, 0.15) is 5.75 Å². The maximum atomic E-state index is 12.4. The number of hydrogen-bond acceptors (Lipinski definition) is 2. The maximum Gasteiger partial charge on any atom is 0.337 e. The molecule has 0 unspecified atom stereocenters. The van der Waals surface area contributed by atoms with Gasteiger partial charge < -0.3 is 4.74 Å². The first-order chi connectivity index (χ1) is 9.79. The van der Waals surface area contributed by atoms with E-state index in [0.29, 0.717) is 0 Å². The molecule has 0 aliphatic heterocycles. The number of para-hydroxylation sites is 1. The van der Waals surface area contributed by atoms with Crippen LogP contribution in [0.2, 0.25) is 0 Å². The van der Waals surface area contributed by atoms with Gasteiger partial charge in [-0.3, -0.25) is 9.13 Å². The Balaban J connectivity index is 2.04. The molecule has 4 heteroatoms. The van der Waals surface area contributed by atoms with Crippen LogP contribution in [0.1, 0.15) is 0 Å². The summed E-state index contributed by atoms with van der Waals surface area (Å²) in [6, 6.07) is 16.9. The zero-order valence-electron chi connectivity index (χ0n) is 11.1. The fourth-order valence-corrected chi connectivity index (χ4v) is 2.10. The summed E-state index contributed by atoms with van der Waals surface area (Å²) in [4.78, 5) is 12.4.